The van der Waals surface area contributed by atoms with E-state index in [4.69, 9.17) is 0 Å². The number of imidazole rings is 1. The fourth-order valence-electron chi connectivity index (χ4n) is 3.78. The highest BCUT2D eigenvalue weighted by atomic mass is 15.2. The Kier molecular flexibility index (Phi) is 4.41. The molecule has 4 heteroatoms. The SMILES string of the molecule is CCCn1ccnc1CN1CCC2(CCNCC2)CC1. The third-order valence-corrected chi connectivity index (χ3v) is 5.21. The van der Waals surface area contributed by atoms with Crippen molar-refractivity contribution in [3.05, 3.63) is 18.2 Å². The van der Waals surface area contributed by atoms with Crippen LogP contribution in [0.1, 0.15) is 44.9 Å². The van der Waals surface area contributed by atoms with Crippen molar-refractivity contribution in [2.45, 2.75) is 52.1 Å². The smallest absolute Gasteiger partial charge is 0.122 e. The van der Waals surface area contributed by atoms with E-state index in [0.29, 0.717) is 5.41 Å². The molecule has 1 N–H and O–H groups in total. The average molecular weight is 276 g/mol. The maximum absolute atomic E-state index is 4.54. The predicted octanol–water partition coefficient (Wildman–Crippen LogP) is 2.26. The van der Waals surface area contributed by atoms with Crippen molar-refractivity contribution in [1.82, 2.24) is 19.8 Å². The fourth-order valence-corrected chi connectivity index (χ4v) is 3.78. The zero-order valence-electron chi connectivity index (χ0n) is 12.8. The molecule has 0 aliphatic carbocycles. The van der Waals surface area contributed by atoms with Gasteiger partial charge in [0.25, 0.3) is 0 Å². The predicted molar refractivity (Wildman–Crippen MR) is 81.6 cm³/mol. The van der Waals surface area contributed by atoms with E-state index in [0.717, 1.165) is 13.1 Å². The first-order valence-corrected chi connectivity index (χ1v) is 8.24. The molecule has 2 aliphatic heterocycles. The van der Waals surface area contributed by atoms with Crippen LogP contribution in [0, 0.1) is 5.41 Å². The highest BCUT2D eigenvalue weighted by Gasteiger charge is 2.35. The Hall–Kier alpha value is -0.870. The van der Waals surface area contributed by atoms with Gasteiger partial charge in [-0.15, -0.1) is 0 Å². The van der Waals surface area contributed by atoms with Gasteiger partial charge in [-0.05, 0) is 63.7 Å². The Morgan fingerprint density at radius 2 is 1.95 bits per heavy atom. The monoisotopic (exact) mass is 276 g/mol. The second kappa shape index (κ2) is 6.27. The second-order valence-corrected chi connectivity index (χ2v) is 6.56. The van der Waals surface area contributed by atoms with Crippen LogP contribution in [0.5, 0.6) is 0 Å². The summed E-state index contributed by atoms with van der Waals surface area (Å²) in [6.07, 6.45) is 10.8. The number of rotatable bonds is 4. The van der Waals surface area contributed by atoms with Crippen molar-refractivity contribution in [2.75, 3.05) is 26.2 Å². The second-order valence-electron chi connectivity index (χ2n) is 6.56. The molecule has 0 saturated carbocycles. The number of piperidine rings is 2. The lowest BCUT2D eigenvalue weighted by Crippen LogP contribution is -2.45. The van der Waals surface area contributed by atoms with Crippen LogP contribution in [0.3, 0.4) is 0 Å². The number of hydrogen-bond acceptors (Lipinski definition) is 3. The minimum Gasteiger partial charge on any atom is -0.334 e. The largest absolute Gasteiger partial charge is 0.334 e. The van der Waals surface area contributed by atoms with Gasteiger partial charge in [-0.3, -0.25) is 4.90 Å². The normalized spacial score (nSPS) is 23.2. The molecular weight excluding hydrogens is 248 g/mol. The van der Waals surface area contributed by atoms with Gasteiger partial charge in [0, 0.05) is 18.9 Å². The van der Waals surface area contributed by atoms with Crippen LogP contribution >= 0.6 is 0 Å². The number of nitrogens with one attached hydrogen (secondary N) is 1. The molecule has 3 rings (SSSR count). The fraction of sp³-hybridized carbons (Fsp3) is 0.812. The number of aromatic nitrogens is 2. The van der Waals surface area contributed by atoms with Gasteiger partial charge >= 0.3 is 0 Å². The van der Waals surface area contributed by atoms with Gasteiger partial charge in [-0.25, -0.2) is 4.98 Å². The number of likely N-dealkylation sites (tertiary alicyclic amines) is 1. The van der Waals surface area contributed by atoms with Crippen LogP contribution in [0.2, 0.25) is 0 Å². The molecule has 2 fully saturated rings. The maximum atomic E-state index is 4.54. The molecule has 4 nitrogen and oxygen atoms in total. The molecule has 1 spiro atoms. The minimum atomic E-state index is 0.653. The molecule has 1 aromatic rings. The number of aryl methyl sites for hydroxylation is 1. The Bertz CT molecular complexity index is 410. The van der Waals surface area contributed by atoms with Crippen molar-refractivity contribution < 1.29 is 0 Å². The molecule has 0 unspecified atom stereocenters. The molecule has 112 valence electrons. The van der Waals surface area contributed by atoms with Crippen LogP contribution < -0.4 is 5.32 Å². The summed E-state index contributed by atoms with van der Waals surface area (Å²) in [7, 11) is 0. The summed E-state index contributed by atoms with van der Waals surface area (Å²) in [5.41, 5.74) is 0.653. The first kappa shape index (κ1) is 14.1. The van der Waals surface area contributed by atoms with Crippen molar-refractivity contribution in [3.8, 4) is 0 Å². The van der Waals surface area contributed by atoms with Gasteiger partial charge in [0.05, 0.1) is 6.54 Å². The van der Waals surface area contributed by atoms with Crippen molar-refractivity contribution in [1.29, 1.82) is 0 Å². The first-order chi connectivity index (χ1) is 9.81. The summed E-state index contributed by atoms with van der Waals surface area (Å²) >= 11 is 0. The van der Waals surface area contributed by atoms with E-state index in [2.05, 4.69) is 32.9 Å². The molecule has 3 heterocycles. The molecule has 0 aromatic carbocycles. The average Bonchev–Trinajstić information content (AvgIpc) is 2.90. The Labute approximate surface area is 122 Å². The zero-order valence-corrected chi connectivity index (χ0v) is 12.8. The quantitative estimate of drug-likeness (QED) is 0.916. The zero-order chi connectivity index (χ0) is 13.8. The minimum absolute atomic E-state index is 0.653. The van der Waals surface area contributed by atoms with Crippen LogP contribution in [-0.4, -0.2) is 40.6 Å². The van der Waals surface area contributed by atoms with E-state index in [1.165, 1.54) is 64.1 Å². The van der Waals surface area contributed by atoms with E-state index in [1.807, 2.05) is 6.20 Å². The van der Waals surface area contributed by atoms with Crippen molar-refractivity contribution in [3.63, 3.8) is 0 Å². The summed E-state index contributed by atoms with van der Waals surface area (Å²) in [5.74, 6) is 1.24. The molecule has 0 amide bonds. The van der Waals surface area contributed by atoms with Gasteiger partial charge in [0.1, 0.15) is 5.82 Å². The first-order valence-electron chi connectivity index (χ1n) is 8.24. The summed E-state index contributed by atoms with van der Waals surface area (Å²) < 4.78 is 2.31. The Morgan fingerprint density at radius 1 is 1.20 bits per heavy atom. The summed E-state index contributed by atoms with van der Waals surface area (Å²) in [4.78, 5) is 7.14. The molecular formula is C16H28N4. The van der Waals surface area contributed by atoms with Crippen LogP contribution in [0.4, 0.5) is 0 Å². The highest BCUT2D eigenvalue weighted by Crippen LogP contribution is 2.39. The molecule has 0 radical (unpaired) electrons. The third-order valence-electron chi connectivity index (χ3n) is 5.21. The van der Waals surface area contributed by atoms with Crippen molar-refractivity contribution >= 4 is 0 Å². The van der Waals surface area contributed by atoms with E-state index >= 15 is 0 Å². The maximum Gasteiger partial charge on any atom is 0.122 e. The van der Waals surface area contributed by atoms with E-state index < -0.39 is 0 Å². The molecule has 2 saturated heterocycles. The van der Waals surface area contributed by atoms with Crippen LogP contribution in [0.15, 0.2) is 12.4 Å². The molecule has 1 aromatic heterocycles. The summed E-state index contributed by atoms with van der Waals surface area (Å²) in [6.45, 7) is 9.30. The molecule has 0 atom stereocenters. The summed E-state index contributed by atoms with van der Waals surface area (Å²) in [6, 6.07) is 0. The van der Waals surface area contributed by atoms with E-state index in [9.17, 15) is 0 Å². The molecule has 20 heavy (non-hydrogen) atoms. The topological polar surface area (TPSA) is 33.1 Å². The number of nitrogens with zero attached hydrogens (tertiary/aromatic N) is 3. The molecule has 2 aliphatic rings. The van der Waals surface area contributed by atoms with Gasteiger partial charge in [-0.2, -0.15) is 0 Å². The van der Waals surface area contributed by atoms with E-state index in [-0.39, 0.29) is 0 Å². The van der Waals surface area contributed by atoms with Gasteiger partial charge in [-0.1, -0.05) is 6.92 Å². The van der Waals surface area contributed by atoms with Gasteiger partial charge in [0.2, 0.25) is 0 Å². The highest BCUT2D eigenvalue weighted by molar-refractivity contribution is 4.95. The summed E-state index contributed by atoms with van der Waals surface area (Å²) in [5, 5.41) is 3.50. The van der Waals surface area contributed by atoms with E-state index in [1.54, 1.807) is 0 Å². The van der Waals surface area contributed by atoms with Gasteiger partial charge in [0.15, 0.2) is 0 Å². The Balaban J connectivity index is 1.54. The Morgan fingerprint density at radius 3 is 2.65 bits per heavy atom. The standard InChI is InChI=1S/C16H28N4/c1-2-10-20-13-9-18-15(20)14-19-11-5-16(6-12-19)3-7-17-8-4-16/h9,13,17H,2-8,10-12,14H2,1H3. The lowest BCUT2D eigenvalue weighted by atomic mass is 9.71. The van der Waals surface area contributed by atoms with Crippen LogP contribution in [-0.2, 0) is 13.1 Å². The lowest BCUT2D eigenvalue weighted by molar-refractivity contribution is 0.0682. The lowest BCUT2D eigenvalue weighted by Gasteiger charge is -2.44. The van der Waals surface area contributed by atoms with Gasteiger partial charge < -0.3 is 9.88 Å². The van der Waals surface area contributed by atoms with Crippen molar-refractivity contribution in [2.24, 2.45) is 5.41 Å². The third kappa shape index (κ3) is 3.07. The molecule has 0 bridgehead atoms. The number of hydrogen-bond donors (Lipinski definition) is 1. The van der Waals surface area contributed by atoms with Crippen LogP contribution in [0.25, 0.3) is 0 Å².